The first kappa shape index (κ1) is 33.3. The van der Waals surface area contributed by atoms with Crippen molar-refractivity contribution in [2.24, 2.45) is 0 Å². The molecule has 1 aromatic carbocycles. The maximum atomic E-state index is 12.9. The van der Waals surface area contributed by atoms with Crippen molar-refractivity contribution in [3.8, 4) is 11.5 Å². The van der Waals surface area contributed by atoms with Crippen LogP contribution in [0.2, 0.25) is 0 Å². The maximum absolute atomic E-state index is 12.9. The number of aliphatic hydroxyl groups excluding tert-OH is 2. The molecule has 0 aliphatic carbocycles. The van der Waals surface area contributed by atoms with Crippen molar-refractivity contribution in [2.75, 3.05) is 40.0 Å². The Morgan fingerprint density at radius 2 is 1.37 bits per heavy atom. The molecule has 2 N–H and O–H groups in total. The number of methoxy groups -OCH3 is 1. The molecule has 1 aliphatic heterocycles. The summed E-state index contributed by atoms with van der Waals surface area (Å²) in [5.41, 5.74) is 0.151. The summed E-state index contributed by atoms with van der Waals surface area (Å²) in [4.78, 5) is 61.6. The van der Waals surface area contributed by atoms with Crippen LogP contribution in [-0.4, -0.2) is 116 Å². The lowest BCUT2D eigenvalue weighted by Crippen LogP contribution is -2.63. The van der Waals surface area contributed by atoms with Crippen LogP contribution in [0.1, 0.15) is 38.1 Å². The molecule has 2 rings (SSSR count). The van der Waals surface area contributed by atoms with Crippen LogP contribution in [0.15, 0.2) is 18.2 Å². The zero-order valence-corrected chi connectivity index (χ0v) is 23.4. The van der Waals surface area contributed by atoms with Gasteiger partial charge < -0.3 is 48.3 Å². The Morgan fingerprint density at radius 3 is 1.88 bits per heavy atom. The molecule has 0 aromatic heterocycles. The minimum absolute atomic E-state index is 0.00923. The molecule has 41 heavy (non-hydrogen) atoms. The lowest BCUT2D eigenvalue weighted by molar-refractivity contribution is -0.288. The Morgan fingerprint density at radius 1 is 0.805 bits per heavy atom. The Balaban J connectivity index is 2.50. The molecule has 0 unspecified atom stereocenters. The number of hydrogen-bond donors (Lipinski definition) is 2. The highest BCUT2D eigenvalue weighted by Crippen LogP contribution is 2.35. The van der Waals surface area contributed by atoms with E-state index in [2.05, 4.69) is 0 Å². The number of hydrogen-bond acceptors (Lipinski definition) is 14. The first-order valence-electron chi connectivity index (χ1n) is 12.6. The summed E-state index contributed by atoms with van der Waals surface area (Å²) in [6.07, 6.45) is -6.99. The van der Waals surface area contributed by atoms with E-state index < -0.39 is 67.1 Å². The number of esters is 4. The van der Waals surface area contributed by atoms with Crippen molar-refractivity contribution >= 4 is 29.8 Å². The predicted molar refractivity (Wildman–Crippen MR) is 136 cm³/mol. The van der Waals surface area contributed by atoms with E-state index in [1.807, 2.05) is 0 Å². The minimum Gasteiger partial charge on any atom is -0.493 e. The molecule has 1 amide bonds. The van der Waals surface area contributed by atoms with Crippen molar-refractivity contribution in [2.45, 2.75) is 58.4 Å². The van der Waals surface area contributed by atoms with Crippen molar-refractivity contribution in [3.63, 3.8) is 0 Å². The van der Waals surface area contributed by atoms with Crippen molar-refractivity contribution < 1.29 is 67.3 Å². The van der Waals surface area contributed by atoms with E-state index in [-0.39, 0.29) is 43.4 Å². The van der Waals surface area contributed by atoms with E-state index in [1.54, 1.807) is 0 Å². The van der Waals surface area contributed by atoms with Gasteiger partial charge in [-0.1, -0.05) is 0 Å². The molecule has 15 nitrogen and oxygen atoms in total. The van der Waals surface area contributed by atoms with Gasteiger partial charge in [0.2, 0.25) is 12.4 Å². The second kappa shape index (κ2) is 15.7. The van der Waals surface area contributed by atoms with Gasteiger partial charge in [0.25, 0.3) is 5.91 Å². The lowest BCUT2D eigenvalue weighted by Gasteiger charge is -2.44. The maximum Gasteiger partial charge on any atom is 0.303 e. The third-order valence-electron chi connectivity index (χ3n) is 5.63. The molecule has 1 aliphatic rings. The molecule has 0 radical (unpaired) electrons. The summed E-state index contributed by atoms with van der Waals surface area (Å²) in [7, 11) is 1.31. The monoisotopic (exact) mass is 585 g/mol. The summed E-state index contributed by atoms with van der Waals surface area (Å²) in [5.74, 6) is -3.47. The minimum atomic E-state index is -1.51. The fraction of sp³-hybridized carbons (Fsp3) is 0.577. The molecule has 15 heteroatoms. The largest absolute Gasteiger partial charge is 0.493 e. The van der Waals surface area contributed by atoms with E-state index in [0.717, 1.165) is 27.7 Å². The Kier molecular flexibility index (Phi) is 12.8. The molecule has 0 spiro atoms. The molecule has 1 saturated heterocycles. The number of carbonyl (C=O) groups is 5. The third kappa shape index (κ3) is 9.58. The van der Waals surface area contributed by atoms with Crippen LogP contribution in [0.4, 0.5) is 0 Å². The first-order valence-corrected chi connectivity index (χ1v) is 12.6. The number of benzene rings is 1. The summed E-state index contributed by atoms with van der Waals surface area (Å²) >= 11 is 0. The molecule has 228 valence electrons. The molecular weight excluding hydrogens is 550 g/mol. The second-order valence-corrected chi connectivity index (χ2v) is 8.79. The van der Waals surface area contributed by atoms with Gasteiger partial charge >= 0.3 is 23.9 Å². The van der Waals surface area contributed by atoms with E-state index in [0.29, 0.717) is 0 Å². The number of amides is 1. The van der Waals surface area contributed by atoms with Crippen LogP contribution in [0.5, 0.6) is 11.5 Å². The molecule has 1 aromatic rings. The van der Waals surface area contributed by atoms with Crippen molar-refractivity contribution in [1.82, 2.24) is 4.90 Å². The molecule has 1 fully saturated rings. The molecule has 5 atom stereocenters. The smallest absolute Gasteiger partial charge is 0.303 e. The topological polar surface area (TPSA) is 194 Å². The molecular formula is C26H35NO14. The Hall–Kier alpha value is -3.95. The van der Waals surface area contributed by atoms with Crippen LogP contribution < -0.4 is 9.47 Å². The number of nitrogens with zero attached hydrogens (tertiary/aromatic N) is 1. The third-order valence-corrected chi connectivity index (χ3v) is 5.63. The van der Waals surface area contributed by atoms with Gasteiger partial charge in [0.05, 0.1) is 20.3 Å². The highest BCUT2D eigenvalue weighted by atomic mass is 16.7. The van der Waals surface area contributed by atoms with Crippen LogP contribution in [0, 0.1) is 0 Å². The molecule has 1 heterocycles. The summed E-state index contributed by atoms with van der Waals surface area (Å²) < 4.78 is 38.4. The number of aliphatic hydroxyl groups is 2. The normalized spacial score (nSPS) is 21.7. The van der Waals surface area contributed by atoms with E-state index in [9.17, 15) is 34.2 Å². The number of rotatable bonds is 13. The summed E-state index contributed by atoms with van der Waals surface area (Å²) in [5, 5.41) is 18.5. The van der Waals surface area contributed by atoms with Crippen molar-refractivity contribution in [3.05, 3.63) is 23.8 Å². The molecule has 0 saturated carbocycles. The lowest BCUT2D eigenvalue weighted by atomic mass is 9.98. The quantitative estimate of drug-likeness (QED) is 0.224. The van der Waals surface area contributed by atoms with Gasteiger partial charge in [-0.2, -0.15) is 0 Å². The van der Waals surface area contributed by atoms with Gasteiger partial charge in [-0.05, 0) is 18.2 Å². The zero-order chi connectivity index (χ0) is 30.7. The van der Waals surface area contributed by atoms with Gasteiger partial charge in [0.15, 0.2) is 23.7 Å². The summed E-state index contributed by atoms with van der Waals surface area (Å²) in [6.45, 7) is 3.37. The standard InChI is InChI=1S/C26H35NO14/c1-14(30)36-13-21-22(37-15(2)31)23(38-16(3)32)24(39-17(4)33)26(41-21)40-19-7-6-18(12-20(19)35-5)25(34)27(8-10-28)9-11-29/h6-7,12,21-24,26,28-29H,8-11,13H2,1-5H3/t21-,22-,23+,24-,26-/m0/s1. The van der Waals surface area contributed by atoms with Crippen LogP contribution >= 0.6 is 0 Å². The van der Waals surface area contributed by atoms with Gasteiger partial charge in [-0.15, -0.1) is 0 Å². The van der Waals surface area contributed by atoms with Gasteiger partial charge in [0, 0.05) is 46.3 Å². The average molecular weight is 586 g/mol. The number of carbonyl (C=O) groups excluding carboxylic acids is 5. The average Bonchev–Trinajstić information content (AvgIpc) is 2.89. The van der Waals surface area contributed by atoms with Gasteiger partial charge in [-0.3, -0.25) is 24.0 Å². The van der Waals surface area contributed by atoms with E-state index >= 15 is 0 Å². The van der Waals surface area contributed by atoms with Crippen LogP contribution in [-0.2, 0) is 42.9 Å². The zero-order valence-electron chi connectivity index (χ0n) is 23.4. The van der Waals surface area contributed by atoms with Gasteiger partial charge in [0.1, 0.15) is 12.7 Å². The van der Waals surface area contributed by atoms with E-state index in [1.165, 1.54) is 30.2 Å². The van der Waals surface area contributed by atoms with Crippen LogP contribution in [0.25, 0.3) is 0 Å². The van der Waals surface area contributed by atoms with Crippen LogP contribution in [0.3, 0.4) is 0 Å². The second-order valence-electron chi connectivity index (χ2n) is 8.79. The SMILES string of the molecule is COc1cc(C(=O)N(CCO)CCO)ccc1O[C@H]1O[C@@H](COC(C)=O)[C@H](OC(C)=O)[C@@H](OC(C)=O)[C@@H]1OC(C)=O. The predicted octanol–water partition coefficient (Wildman–Crippen LogP) is -0.416. The molecule has 0 bridgehead atoms. The highest BCUT2D eigenvalue weighted by molar-refractivity contribution is 5.95. The highest BCUT2D eigenvalue weighted by Gasteiger charge is 2.53. The van der Waals surface area contributed by atoms with Crippen molar-refractivity contribution in [1.29, 1.82) is 0 Å². The van der Waals surface area contributed by atoms with E-state index in [4.69, 9.17) is 33.2 Å². The van der Waals surface area contributed by atoms with Gasteiger partial charge in [-0.25, -0.2) is 0 Å². The number of ether oxygens (including phenoxy) is 7. The fourth-order valence-electron chi connectivity index (χ4n) is 4.05. The fourth-order valence-corrected chi connectivity index (χ4v) is 4.05. The Bertz CT molecular complexity index is 1090. The first-order chi connectivity index (χ1) is 19.4. The summed E-state index contributed by atoms with van der Waals surface area (Å²) in [6, 6.07) is 4.12. The Labute approximate surface area is 236 Å².